The van der Waals surface area contributed by atoms with Gasteiger partial charge in [0.2, 0.25) is 0 Å². The number of benzene rings is 1. The number of hydrogen-bond donors (Lipinski definition) is 2. The molecule has 0 radical (unpaired) electrons. The van der Waals surface area contributed by atoms with Crippen LogP contribution in [-0.2, 0) is 16.4 Å². The fraction of sp³-hybridized carbons (Fsp3) is 0.357. The topological polar surface area (TPSA) is 84.1 Å². The minimum atomic E-state index is -3.64. The van der Waals surface area contributed by atoms with Crippen molar-refractivity contribution in [2.24, 2.45) is 0 Å². The van der Waals surface area contributed by atoms with Gasteiger partial charge < -0.3 is 4.74 Å². The van der Waals surface area contributed by atoms with Crippen molar-refractivity contribution in [2.75, 3.05) is 11.3 Å². The lowest BCUT2D eigenvalue weighted by atomic mass is 10.1. The molecule has 0 bridgehead atoms. The third-order valence-corrected chi connectivity index (χ3v) is 4.78. The molecule has 1 aromatic carbocycles. The summed E-state index contributed by atoms with van der Waals surface area (Å²) in [5.41, 5.74) is 1.80. The SMILES string of the molecule is CC(C)c1cc(NS(=O)(=O)c2ccc3c(c2)CCO3)n[nH]1. The van der Waals surface area contributed by atoms with Gasteiger partial charge in [0.25, 0.3) is 10.0 Å². The molecular formula is C14H17N3O3S. The molecule has 2 heterocycles. The third-order valence-electron chi connectivity index (χ3n) is 3.43. The second-order valence-corrected chi connectivity index (χ2v) is 7.02. The first-order chi connectivity index (χ1) is 9.95. The van der Waals surface area contributed by atoms with E-state index in [0.717, 1.165) is 23.4 Å². The van der Waals surface area contributed by atoms with E-state index < -0.39 is 10.0 Å². The van der Waals surface area contributed by atoms with E-state index in [9.17, 15) is 8.42 Å². The Balaban J connectivity index is 1.86. The van der Waals surface area contributed by atoms with E-state index in [0.29, 0.717) is 12.4 Å². The zero-order chi connectivity index (χ0) is 15.0. The standard InChI is InChI=1S/C14H17N3O3S/c1-9(2)12-8-14(16-15-12)17-21(18,19)11-3-4-13-10(7-11)5-6-20-13/h3-4,7-9H,5-6H2,1-2H3,(H2,15,16,17). The maximum absolute atomic E-state index is 12.4. The van der Waals surface area contributed by atoms with Crippen molar-refractivity contribution in [3.63, 3.8) is 0 Å². The monoisotopic (exact) mass is 307 g/mol. The molecule has 0 saturated carbocycles. The van der Waals surface area contributed by atoms with Crippen LogP contribution in [0.25, 0.3) is 0 Å². The molecule has 0 fully saturated rings. The Bertz CT molecular complexity index is 766. The molecule has 6 nitrogen and oxygen atoms in total. The minimum absolute atomic E-state index is 0.223. The summed E-state index contributed by atoms with van der Waals surface area (Å²) in [6, 6.07) is 6.60. The van der Waals surface area contributed by atoms with Crippen molar-refractivity contribution in [1.82, 2.24) is 10.2 Å². The van der Waals surface area contributed by atoms with E-state index in [-0.39, 0.29) is 10.8 Å². The summed E-state index contributed by atoms with van der Waals surface area (Å²) in [5, 5.41) is 6.80. The molecule has 0 aliphatic carbocycles. The predicted molar refractivity (Wildman–Crippen MR) is 79.1 cm³/mol. The summed E-state index contributed by atoms with van der Waals surface area (Å²) >= 11 is 0. The van der Waals surface area contributed by atoms with Crippen LogP contribution >= 0.6 is 0 Å². The number of aromatic amines is 1. The second-order valence-electron chi connectivity index (χ2n) is 5.34. The van der Waals surface area contributed by atoms with Gasteiger partial charge in [-0.1, -0.05) is 13.8 Å². The zero-order valence-electron chi connectivity index (χ0n) is 11.9. The lowest BCUT2D eigenvalue weighted by Gasteiger charge is -2.06. The highest BCUT2D eigenvalue weighted by atomic mass is 32.2. The number of ether oxygens (including phenoxy) is 1. The van der Waals surface area contributed by atoms with Crippen LogP contribution in [0.4, 0.5) is 5.82 Å². The molecule has 1 aliphatic heterocycles. The van der Waals surface area contributed by atoms with E-state index in [2.05, 4.69) is 14.9 Å². The highest BCUT2D eigenvalue weighted by molar-refractivity contribution is 7.92. The van der Waals surface area contributed by atoms with Crippen LogP contribution in [-0.4, -0.2) is 25.2 Å². The fourth-order valence-corrected chi connectivity index (χ4v) is 3.25. The Kier molecular flexibility index (Phi) is 3.36. The largest absolute Gasteiger partial charge is 0.493 e. The molecule has 3 rings (SSSR count). The van der Waals surface area contributed by atoms with Gasteiger partial charge in [-0.15, -0.1) is 0 Å². The van der Waals surface area contributed by atoms with Crippen molar-refractivity contribution in [3.05, 3.63) is 35.5 Å². The van der Waals surface area contributed by atoms with Crippen LogP contribution in [0, 0.1) is 0 Å². The molecular weight excluding hydrogens is 290 g/mol. The van der Waals surface area contributed by atoms with Crippen LogP contribution in [0.1, 0.15) is 31.0 Å². The maximum Gasteiger partial charge on any atom is 0.263 e. The molecule has 1 aliphatic rings. The van der Waals surface area contributed by atoms with Crippen LogP contribution in [0.15, 0.2) is 29.2 Å². The molecule has 2 aromatic rings. The molecule has 0 atom stereocenters. The number of rotatable bonds is 4. The molecule has 0 unspecified atom stereocenters. The van der Waals surface area contributed by atoms with Gasteiger partial charge in [-0.25, -0.2) is 8.42 Å². The number of aromatic nitrogens is 2. The number of sulfonamides is 1. The average molecular weight is 307 g/mol. The summed E-state index contributed by atoms with van der Waals surface area (Å²) in [6.45, 7) is 4.61. The quantitative estimate of drug-likeness (QED) is 0.907. The smallest absolute Gasteiger partial charge is 0.263 e. The van der Waals surface area contributed by atoms with Gasteiger partial charge in [0.05, 0.1) is 11.5 Å². The third kappa shape index (κ3) is 2.73. The first-order valence-electron chi connectivity index (χ1n) is 6.79. The van der Waals surface area contributed by atoms with E-state index >= 15 is 0 Å². The molecule has 0 saturated heterocycles. The Hall–Kier alpha value is -2.02. The number of anilines is 1. The van der Waals surface area contributed by atoms with Crippen molar-refractivity contribution >= 4 is 15.8 Å². The van der Waals surface area contributed by atoms with Gasteiger partial charge in [0.1, 0.15) is 5.75 Å². The molecule has 0 spiro atoms. The average Bonchev–Trinajstić information content (AvgIpc) is 3.05. The van der Waals surface area contributed by atoms with Crippen molar-refractivity contribution in [2.45, 2.75) is 31.1 Å². The molecule has 0 amide bonds. The highest BCUT2D eigenvalue weighted by Crippen LogP contribution is 2.28. The zero-order valence-corrected chi connectivity index (χ0v) is 12.7. The number of hydrogen-bond acceptors (Lipinski definition) is 4. The minimum Gasteiger partial charge on any atom is -0.493 e. The summed E-state index contributed by atoms with van der Waals surface area (Å²) in [4.78, 5) is 0.223. The van der Waals surface area contributed by atoms with Crippen molar-refractivity contribution in [3.8, 4) is 5.75 Å². The van der Waals surface area contributed by atoms with Gasteiger partial charge >= 0.3 is 0 Å². The molecule has 21 heavy (non-hydrogen) atoms. The van der Waals surface area contributed by atoms with E-state index in [1.165, 1.54) is 0 Å². The Morgan fingerprint density at radius 3 is 2.86 bits per heavy atom. The number of fused-ring (bicyclic) bond motifs is 1. The van der Waals surface area contributed by atoms with Crippen LogP contribution < -0.4 is 9.46 Å². The van der Waals surface area contributed by atoms with Crippen LogP contribution in [0.2, 0.25) is 0 Å². The summed E-state index contributed by atoms with van der Waals surface area (Å²) in [5.74, 6) is 1.32. The van der Waals surface area contributed by atoms with E-state index in [1.54, 1.807) is 24.3 Å². The maximum atomic E-state index is 12.4. The highest BCUT2D eigenvalue weighted by Gasteiger charge is 2.20. The molecule has 2 N–H and O–H groups in total. The molecule has 112 valence electrons. The van der Waals surface area contributed by atoms with Crippen molar-refractivity contribution < 1.29 is 13.2 Å². The number of H-pyrrole nitrogens is 1. The Morgan fingerprint density at radius 2 is 2.14 bits per heavy atom. The van der Waals surface area contributed by atoms with Gasteiger partial charge in [0.15, 0.2) is 5.82 Å². The summed E-state index contributed by atoms with van der Waals surface area (Å²) in [7, 11) is -3.64. The van der Waals surface area contributed by atoms with Crippen molar-refractivity contribution in [1.29, 1.82) is 0 Å². The fourth-order valence-electron chi connectivity index (χ4n) is 2.21. The lowest BCUT2D eigenvalue weighted by Crippen LogP contribution is -2.13. The lowest BCUT2D eigenvalue weighted by molar-refractivity contribution is 0.356. The Labute approximate surface area is 123 Å². The Morgan fingerprint density at radius 1 is 1.33 bits per heavy atom. The first-order valence-corrected chi connectivity index (χ1v) is 8.28. The molecule has 7 heteroatoms. The second kappa shape index (κ2) is 5.07. The molecule has 1 aromatic heterocycles. The van der Waals surface area contributed by atoms with Gasteiger partial charge in [-0.05, 0) is 29.7 Å². The van der Waals surface area contributed by atoms with Gasteiger partial charge in [0, 0.05) is 18.2 Å². The van der Waals surface area contributed by atoms with E-state index in [1.807, 2.05) is 13.8 Å². The van der Waals surface area contributed by atoms with E-state index in [4.69, 9.17) is 4.74 Å². The first kappa shape index (κ1) is 13.9. The number of nitrogens with one attached hydrogen (secondary N) is 2. The van der Waals surface area contributed by atoms with Crippen LogP contribution in [0.5, 0.6) is 5.75 Å². The predicted octanol–water partition coefficient (Wildman–Crippen LogP) is 2.27. The summed E-state index contributed by atoms with van der Waals surface area (Å²) < 4.78 is 32.6. The van der Waals surface area contributed by atoms with Crippen LogP contribution in [0.3, 0.4) is 0 Å². The van der Waals surface area contributed by atoms with Gasteiger partial charge in [-0.3, -0.25) is 9.82 Å². The van der Waals surface area contributed by atoms with Gasteiger partial charge in [-0.2, -0.15) is 5.10 Å². The number of nitrogens with zero attached hydrogens (tertiary/aromatic N) is 1. The normalized spacial score (nSPS) is 14.0. The summed E-state index contributed by atoms with van der Waals surface area (Å²) in [6.07, 6.45) is 0.735.